The van der Waals surface area contributed by atoms with E-state index in [0.29, 0.717) is 75.0 Å². The van der Waals surface area contributed by atoms with Crippen LogP contribution in [-0.4, -0.2) is 122 Å². The first kappa shape index (κ1) is 44.2. The number of hydrogen-bond donors (Lipinski definition) is 3. The highest BCUT2D eigenvalue weighted by Gasteiger charge is 2.45. The van der Waals surface area contributed by atoms with Crippen molar-refractivity contribution in [1.82, 2.24) is 34.4 Å². The Hall–Kier alpha value is -7.04. The maximum atomic E-state index is 13.6. The summed E-state index contributed by atoms with van der Waals surface area (Å²) >= 11 is 7.07. The number of aromatic carboxylic acids is 1. The van der Waals surface area contributed by atoms with Gasteiger partial charge in [-0.2, -0.15) is 5.10 Å². The van der Waals surface area contributed by atoms with Crippen LogP contribution in [0.5, 0.6) is 5.75 Å². The molecular weight excluding hydrogens is 864 g/mol. The van der Waals surface area contributed by atoms with Gasteiger partial charge in [-0.05, 0) is 68.3 Å². The Bertz CT molecular complexity index is 2980. The van der Waals surface area contributed by atoms with E-state index in [9.17, 15) is 33.9 Å². The third-order valence-electron chi connectivity index (χ3n) is 13.1. The van der Waals surface area contributed by atoms with Gasteiger partial charge in [-0.1, -0.05) is 60.1 Å². The van der Waals surface area contributed by atoms with E-state index in [0.717, 1.165) is 54.8 Å². The van der Waals surface area contributed by atoms with Crippen LogP contribution >= 0.6 is 11.6 Å². The van der Waals surface area contributed by atoms with E-state index in [-0.39, 0.29) is 42.1 Å². The van der Waals surface area contributed by atoms with Gasteiger partial charge in [0, 0.05) is 86.0 Å². The van der Waals surface area contributed by atoms with Crippen LogP contribution in [0.3, 0.4) is 0 Å². The summed E-state index contributed by atoms with van der Waals surface area (Å²) in [6.07, 6.45) is 1.07. The van der Waals surface area contributed by atoms with Crippen molar-refractivity contribution < 1.29 is 38.6 Å². The lowest BCUT2D eigenvalue weighted by Gasteiger charge is -2.35. The van der Waals surface area contributed by atoms with Crippen molar-refractivity contribution in [3.8, 4) is 16.9 Å². The number of piperazine rings is 1. The standard InChI is InChI=1S/C49H49ClN8O8/c1-28-41(29(2)54(3)53-28)43-35(50)17-16-33-32(13-8-26-66-38-15-6-10-30-9-4-5-11-31(30)38)45(49(64)65)57(44(33)43)25-22-55-20-23-56(24-21-55)40(60)27-51-36-14-7-12-34-42(36)48(63)58(47(34)62)37-18-19-39(59)52-46(37)61/h4-7,9-12,14-17,37,51H,8,13,18-27H2,1-3H3,(H,64,65)(H,52,59,61). The van der Waals surface area contributed by atoms with E-state index in [1.807, 2.05) is 80.1 Å². The fourth-order valence-electron chi connectivity index (χ4n) is 9.75. The van der Waals surface area contributed by atoms with Gasteiger partial charge in [0.1, 0.15) is 17.5 Å². The highest BCUT2D eigenvalue weighted by atomic mass is 35.5. The molecule has 2 fully saturated rings. The summed E-state index contributed by atoms with van der Waals surface area (Å²) in [5.74, 6) is -2.91. The van der Waals surface area contributed by atoms with E-state index in [2.05, 4.69) is 20.6 Å². The first-order valence-electron chi connectivity index (χ1n) is 22.1. The lowest BCUT2D eigenvalue weighted by Crippen LogP contribution is -2.54. The Morgan fingerprint density at radius 2 is 1.64 bits per heavy atom. The second-order valence-corrected chi connectivity index (χ2v) is 17.4. The number of fused-ring (bicyclic) bond motifs is 3. The number of carbonyl (C=O) groups is 6. The molecule has 3 aliphatic heterocycles. The molecule has 3 N–H and O–H groups in total. The number of aromatic nitrogens is 3. The molecule has 3 aliphatic rings. The van der Waals surface area contributed by atoms with Crippen molar-refractivity contribution in [3.63, 3.8) is 0 Å². The third-order valence-corrected chi connectivity index (χ3v) is 13.4. The molecule has 1 atom stereocenters. The number of nitrogens with one attached hydrogen (secondary N) is 2. The van der Waals surface area contributed by atoms with Crippen molar-refractivity contribution in [1.29, 1.82) is 0 Å². The quantitative estimate of drug-likeness (QED) is 0.0881. The van der Waals surface area contributed by atoms with Crippen molar-refractivity contribution in [2.75, 3.05) is 51.2 Å². The first-order valence-corrected chi connectivity index (χ1v) is 22.5. The van der Waals surface area contributed by atoms with Gasteiger partial charge in [0.2, 0.25) is 17.7 Å². The lowest BCUT2D eigenvalue weighted by atomic mass is 9.98. The molecule has 2 saturated heterocycles. The fourth-order valence-corrected chi connectivity index (χ4v) is 9.99. The molecule has 4 aromatic carbocycles. The van der Waals surface area contributed by atoms with E-state index in [1.54, 1.807) is 21.7 Å². The molecule has 0 spiro atoms. The van der Waals surface area contributed by atoms with Crippen molar-refractivity contribution in [3.05, 3.63) is 112 Å². The molecule has 1 unspecified atom stereocenters. The predicted octanol–water partition coefficient (Wildman–Crippen LogP) is 5.83. The number of rotatable bonds is 14. The molecule has 9 rings (SSSR count). The zero-order chi connectivity index (χ0) is 46.4. The SMILES string of the molecule is Cc1nn(C)c(C)c1-c1c(Cl)ccc2c(CCCOc3cccc4ccccc34)c(C(=O)O)n(CCN3CCN(C(=O)CNc4cccc5c4C(=O)N(C4CCC(=O)NC4=O)C5=O)CC3)c12. The maximum Gasteiger partial charge on any atom is 0.352 e. The van der Waals surface area contributed by atoms with Crippen LogP contribution in [0.1, 0.15) is 67.4 Å². The summed E-state index contributed by atoms with van der Waals surface area (Å²) in [5.41, 5.74) is 5.42. The van der Waals surface area contributed by atoms with Crippen LogP contribution in [0.4, 0.5) is 5.69 Å². The number of amides is 5. The number of carboxylic acids is 1. The number of halogens is 1. The number of nitrogens with zero attached hydrogens (tertiary/aromatic N) is 6. The van der Waals surface area contributed by atoms with Gasteiger partial charge in [-0.25, -0.2) is 4.79 Å². The molecule has 17 heteroatoms. The number of imide groups is 2. The van der Waals surface area contributed by atoms with Crippen LogP contribution in [-0.2, 0) is 34.4 Å². The molecular formula is C49H49ClN8O8. The Morgan fingerprint density at radius 3 is 2.38 bits per heavy atom. The van der Waals surface area contributed by atoms with Crippen LogP contribution < -0.4 is 15.4 Å². The summed E-state index contributed by atoms with van der Waals surface area (Å²) in [4.78, 5) is 83.0. The van der Waals surface area contributed by atoms with Crippen LogP contribution in [0.2, 0.25) is 5.02 Å². The number of aryl methyl sites for hydroxylation is 3. The number of benzene rings is 4. The number of carboxylic acid groups (broad SMARTS) is 1. The second-order valence-electron chi connectivity index (χ2n) is 17.0. The van der Waals surface area contributed by atoms with E-state index in [1.165, 1.54) is 6.07 Å². The monoisotopic (exact) mass is 912 g/mol. The van der Waals surface area contributed by atoms with Crippen molar-refractivity contribution in [2.24, 2.45) is 7.05 Å². The third kappa shape index (κ3) is 8.04. The Balaban J connectivity index is 0.900. The molecule has 5 amide bonds. The molecule has 0 saturated carbocycles. The molecule has 0 radical (unpaired) electrons. The highest BCUT2D eigenvalue weighted by molar-refractivity contribution is 6.35. The minimum atomic E-state index is -1.10. The Labute approximate surface area is 385 Å². The summed E-state index contributed by atoms with van der Waals surface area (Å²) in [6, 6.07) is 21.3. The zero-order valence-corrected chi connectivity index (χ0v) is 37.6. The average Bonchev–Trinajstić information content (AvgIpc) is 3.86. The van der Waals surface area contributed by atoms with Crippen molar-refractivity contribution in [2.45, 2.75) is 52.1 Å². The fraction of sp³-hybridized carbons (Fsp3) is 0.327. The largest absolute Gasteiger partial charge is 0.493 e. The van der Waals surface area contributed by atoms with Crippen LogP contribution in [0.25, 0.3) is 32.8 Å². The molecule has 5 heterocycles. The van der Waals surface area contributed by atoms with Gasteiger partial charge in [-0.3, -0.25) is 43.8 Å². The molecule has 0 bridgehead atoms. The normalized spacial score (nSPS) is 16.6. The smallest absolute Gasteiger partial charge is 0.352 e. The molecule has 2 aromatic heterocycles. The molecule has 6 aromatic rings. The Morgan fingerprint density at radius 1 is 0.879 bits per heavy atom. The van der Waals surface area contributed by atoms with Gasteiger partial charge in [0.05, 0.1) is 40.5 Å². The van der Waals surface area contributed by atoms with E-state index in [4.69, 9.17) is 16.3 Å². The number of ether oxygens (including phenoxy) is 1. The summed E-state index contributed by atoms with van der Waals surface area (Å²) in [5, 5.41) is 24.3. The van der Waals surface area contributed by atoms with Crippen molar-refractivity contribution >= 4 is 74.5 Å². The molecule has 340 valence electrons. The first-order chi connectivity index (χ1) is 31.8. The molecule has 16 nitrogen and oxygen atoms in total. The van der Waals surface area contributed by atoms with Crippen LogP contribution in [0, 0.1) is 13.8 Å². The number of piperidine rings is 1. The maximum absolute atomic E-state index is 13.6. The zero-order valence-electron chi connectivity index (χ0n) is 36.9. The molecule has 0 aliphatic carbocycles. The summed E-state index contributed by atoms with van der Waals surface area (Å²) in [7, 11) is 1.87. The minimum absolute atomic E-state index is 0.00995. The number of anilines is 1. The van der Waals surface area contributed by atoms with Gasteiger partial charge < -0.3 is 24.6 Å². The Kier molecular flexibility index (Phi) is 12.1. The van der Waals surface area contributed by atoms with E-state index >= 15 is 0 Å². The highest BCUT2D eigenvalue weighted by Crippen LogP contribution is 2.42. The molecule has 66 heavy (non-hydrogen) atoms. The number of hydrogen-bond acceptors (Lipinski definition) is 10. The summed E-state index contributed by atoms with van der Waals surface area (Å²) in [6.45, 7) is 6.89. The predicted molar refractivity (Wildman–Crippen MR) is 248 cm³/mol. The van der Waals surface area contributed by atoms with Gasteiger partial charge in [0.15, 0.2) is 0 Å². The average molecular weight is 913 g/mol. The van der Waals surface area contributed by atoms with Gasteiger partial charge in [0.25, 0.3) is 11.8 Å². The summed E-state index contributed by atoms with van der Waals surface area (Å²) < 4.78 is 9.97. The van der Waals surface area contributed by atoms with Gasteiger partial charge in [-0.15, -0.1) is 0 Å². The topological polar surface area (TPSA) is 188 Å². The minimum Gasteiger partial charge on any atom is -0.493 e. The second kappa shape index (κ2) is 18.1. The van der Waals surface area contributed by atoms with Gasteiger partial charge >= 0.3 is 5.97 Å². The van der Waals surface area contributed by atoms with E-state index < -0.39 is 35.6 Å². The number of carbonyl (C=O) groups excluding carboxylic acids is 5. The van der Waals surface area contributed by atoms with Crippen LogP contribution in [0.15, 0.2) is 72.8 Å². The lowest BCUT2D eigenvalue weighted by molar-refractivity contribution is -0.136.